The first kappa shape index (κ1) is 12.3. The van der Waals surface area contributed by atoms with Gasteiger partial charge in [-0.05, 0) is 23.1 Å². The number of hydrogen-bond acceptors (Lipinski definition) is 3. The van der Waals surface area contributed by atoms with Crippen LogP contribution in [0.3, 0.4) is 0 Å². The molecule has 0 bridgehead atoms. The van der Waals surface area contributed by atoms with Crippen LogP contribution >= 0.6 is 0 Å². The maximum absolute atomic E-state index is 10.7. The van der Waals surface area contributed by atoms with Crippen molar-refractivity contribution >= 4 is 5.97 Å². The summed E-state index contributed by atoms with van der Waals surface area (Å²) in [6.07, 6.45) is 1.40. The van der Waals surface area contributed by atoms with Crippen molar-refractivity contribution in [3.63, 3.8) is 0 Å². The molecule has 0 aliphatic heterocycles. The summed E-state index contributed by atoms with van der Waals surface area (Å²) < 4.78 is 1.45. The summed E-state index contributed by atoms with van der Waals surface area (Å²) in [4.78, 5) is 10.7. The summed E-state index contributed by atoms with van der Waals surface area (Å²) in [6.45, 7) is 6.42. The molecule has 94 valence electrons. The summed E-state index contributed by atoms with van der Waals surface area (Å²) in [5, 5.41) is 16.1. The number of aromatic carboxylic acids is 1. The molecule has 0 atom stereocenters. The van der Waals surface area contributed by atoms with Crippen molar-refractivity contribution in [1.82, 2.24) is 15.0 Å². The first-order chi connectivity index (χ1) is 8.38. The molecule has 1 aromatic heterocycles. The second kappa shape index (κ2) is 4.25. The third kappa shape index (κ3) is 2.40. The van der Waals surface area contributed by atoms with Gasteiger partial charge >= 0.3 is 5.97 Å². The Kier molecular flexibility index (Phi) is 2.90. The molecule has 0 amide bonds. The van der Waals surface area contributed by atoms with Crippen LogP contribution in [-0.2, 0) is 5.41 Å². The molecule has 2 aromatic rings. The highest BCUT2D eigenvalue weighted by molar-refractivity contribution is 5.84. The molecule has 5 nitrogen and oxygen atoms in total. The van der Waals surface area contributed by atoms with E-state index in [4.69, 9.17) is 5.11 Å². The van der Waals surface area contributed by atoms with Gasteiger partial charge in [0.25, 0.3) is 0 Å². The summed E-state index contributed by atoms with van der Waals surface area (Å²) in [6, 6.07) is 7.83. The highest BCUT2D eigenvalue weighted by Gasteiger charge is 2.14. The van der Waals surface area contributed by atoms with E-state index in [0.717, 1.165) is 5.69 Å². The molecule has 0 radical (unpaired) electrons. The van der Waals surface area contributed by atoms with Crippen LogP contribution in [0.2, 0.25) is 0 Å². The van der Waals surface area contributed by atoms with Crippen molar-refractivity contribution in [1.29, 1.82) is 0 Å². The number of nitrogens with zero attached hydrogens (tertiary/aromatic N) is 3. The minimum absolute atomic E-state index is 0.0603. The van der Waals surface area contributed by atoms with Gasteiger partial charge in [-0.1, -0.05) is 38.1 Å². The van der Waals surface area contributed by atoms with Crippen LogP contribution in [-0.4, -0.2) is 26.1 Å². The standard InChI is InChI=1S/C13H15N3O2/c1-13(2,3)9-4-6-10(7-5-9)16-8-11(12(17)18)14-15-16/h4-8H,1-3H3,(H,17,18). The molecule has 18 heavy (non-hydrogen) atoms. The monoisotopic (exact) mass is 245 g/mol. The molecule has 0 saturated carbocycles. The number of benzene rings is 1. The Morgan fingerprint density at radius 3 is 2.28 bits per heavy atom. The third-order valence-electron chi connectivity index (χ3n) is 2.71. The molecule has 0 spiro atoms. The zero-order valence-electron chi connectivity index (χ0n) is 10.6. The number of carboxylic acid groups (broad SMARTS) is 1. The van der Waals surface area contributed by atoms with E-state index in [9.17, 15) is 4.79 Å². The van der Waals surface area contributed by atoms with Gasteiger partial charge < -0.3 is 5.11 Å². The fourth-order valence-electron chi connectivity index (χ4n) is 1.60. The quantitative estimate of drug-likeness (QED) is 0.881. The number of carboxylic acids is 1. The Morgan fingerprint density at radius 2 is 1.83 bits per heavy atom. The topological polar surface area (TPSA) is 68.0 Å². The molecule has 1 aromatic carbocycles. The third-order valence-corrected chi connectivity index (χ3v) is 2.71. The van der Waals surface area contributed by atoms with E-state index in [2.05, 4.69) is 31.1 Å². The van der Waals surface area contributed by atoms with E-state index >= 15 is 0 Å². The van der Waals surface area contributed by atoms with Crippen LogP contribution in [0.4, 0.5) is 0 Å². The molecule has 0 aliphatic carbocycles. The smallest absolute Gasteiger partial charge is 0.358 e. The number of carbonyl (C=O) groups is 1. The van der Waals surface area contributed by atoms with Gasteiger partial charge in [-0.3, -0.25) is 0 Å². The van der Waals surface area contributed by atoms with E-state index in [1.807, 2.05) is 24.3 Å². The Labute approximate surface area is 105 Å². The Bertz CT molecular complexity index is 565. The Balaban J connectivity index is 2.31. The fraction of sp³-hybridized carbons (Fsp3) is 0.308. The van der Waals surface area contributed by atoms with E-state index < -0.39 is 5.97 Å². The van der Waals surface area contributed by atoms with Crippen LogP contribution in [0.1, 0.15) is 36.8 Å². The van der Waals surface area contributed by atoms with Crippen LogP contribution in [0, 0.1) is 0 Å². The first-order valence-electron chi connectivity index (χ1n) is 5.64. The lowest BCUT2D eigenvalue weighted by molar-refractivity contribution is 0.0690. The number of aromatic nitrogens is 3. The van der Waals surface area contributed by atoms with Crippen molar-refractivity contribution in [3.8, 4) is 5.69 Å². The van der Waals surface area contributed by atoms with Gasteiger partial charge in [0.1, 0.15) is 0 Å². The minimum Gasteiger partial charge on any atom is -0.476 e. The summed E-state index contributed by atoms with van der Waals surface area (Å²) >= 11 is 0. The normalized spacial score (nSPS) is 11.5. The molecule has 0 fully saturated rings. The van der Waals surface area contributed by atoms with Gasteiger partial charge in [-0.25, -0.2) is 9.48 Å². The van der Waals surface area contributed by atoms with Crippen LogP contribution in [0.25, 0.3) is 5.69 Å². The number of rotatable bonds is 2. The molecular weight excluding hydrogens is 230 g/mol. The van der Waals surface area contributed by atoms with Crippen molar-refractivity contribution in [2.24, 2.45) is 0 Å². The molecule has 2 rings (SSSR count). The largest absolute Gasteiger partial charge is 0.476 e. The van der Waals surface area contributed by atoms with Gasteiger partial charge in [0.2, 0.25) is 0 Å². The molecule has 1 heterocycles. The van der Waals surface area contributed by atoms with E-state index in [0.29, 0.717) is 0 Å². The lowest BCUT2D eigenvalue weighted by Gasteiger charge is -2.18. The highest BCUT2D eigenvalue weighted by atomic mass is 16.4. The average molecular weight is 245 g/mol. The molecule has 0 aliphatic rings. The summed E-state index contributed by atoms with van der Waals surface area (Å²) in [7, 11) is 0. The second-order valence-electron chi connectivity index (χ2n) is 5.15. The van der Waals surface area contributed by atoms with Gasteiger partial charge in [-0.15, -0.1) is 5.10 Å². The summed E-state index contributed by atoms with van der Waals surface area (Å²) in [5.41, 5.74) is 2.04. The lowest BCUT2D eigenvalue weighted by atomic mass is 9.87. The molecule has 0 saturated heterocycles. The van der Waals surface area contributed by atoms with Crippen LogP contribution < -0.4 is 0 Å². The van der Waals surface area contributed by atoms with Crippen molar-refractivity contribution in [3.05, 3.63) is 41.7 Å². The molecule has 0 unspecified atom stereocenters. The minimum atomic E-state index is -1.08. The first-order valence-corrected chi connectivity index (χ1v) is 5.64. The molecular formula is C13H15N3O2. The van der Waals surface area contributed by atoms with Crippen molar-refractivity contribution in [2.45, 2.75) is 26.2 Å². The van der Waals surface area contributed by atoms with Crippen molar-refractivity contribution in [2.75, 3.05) is 0 Å². The predicted molar refractivity (Wildman–Crippen MR) is 67.0 cm³/mol. The average Bonchev–Trinajstić information content (AvgIpc) is 2.77. The molecule has 5 heteroatoms. The van der Waals surface area contributed by atoms with Gasteiger partial charge in [0, 0.05) is 0 Å². The van der Waals surface area contributed by atoms with E-state index in [1.54, 1.807) is 0 Å². The lowest BCUT2D eigenvalue weighted by Crippen LogP contribution is -2.10. The fourth-order valence-corrected chi connectivity index (χ4v) is 1.60. The SMILES string of the molecule is CC(C)(C)c1ccc(-n2cc(C(=O)O)nn2)cc1. The molecule has 1 N–H and O–H groups in total. The Morgan fingerprint density at radius 1 is 1.22 bits per heavy atom. The maximum Gasteiger partial charge on any atom is 0.358 e. The number of hydrogen-bond donors (Lipinski definition) is 1. The van der Waals surface area contributed by atoms with Gasteiger partial charge in [0.15, 0.2) is 5.69 Å². The highest BCUT2D eigenvalue weighted by Crippen LogP contribution is 2.22. The zero-order chi connectivity index (χ0) is 13.3. The van der Waals surface area contributed by atoms with E-state index in [-0.39, 0.29) is 11.1 Å². The van der Waals surface area contributed by atoms with Gasteiger partial charge in [0.05, 0.1) is 11.9 Å². The van der Waals surface area contributed by atoms with Gasteiger partial charge in [-0.2, -0.15) is 0 Å². The zero-order valence-corrected chi connectivity index (χ0v) is 10.6. The van der Waals surface area contributed by atoms with Crippen LogP contribution in [0.15, 0.2) is 30.5 Å². The predicted octanol–water partition coefficient (Wildman–Crippen LogP) is 2.26. The summed E-state index contributed by atoms with van der Waals surface area (Å²) in [5.74, 6) is -1.08. The van der Waals surface area contributed by atoms with E-state index in [1.165, 1.54) is 16.4 Å². The second-order valence-corrected chi connectivity index (χ2v) is 5.15. The van der Waals surface area contributed by atoms with Crippen LogP contribution in [0.5, 0.6) is 0 Å². The Hall–Kier alpha value is -2.17. The van der Waals surface area contributed by atoms with Crippen molar-refractivity contribution < 1.29 is 9.90 Å². The maximum atomic E-state index is 10.7.